The molecule has 2 aromatic rings. The summed E-state index contributed by atoms with van der Waals surface area (Å²) in [5, 5.41) is 0. The van der Waals surface area contributed by atoms with Crippen molar-refractivity contribution >= 4 is 27.3 Å². The van der Waals surface area contributed by atoms with Gasteiger partial charge in [0.2, 0.25) is 10.0 Å². The van der Waals surface area contributed by atoms with Crippen molar-refractivity contribution in [1.82, 2.24) is 4.90 Å². The number of carbonyl (C=O) groups excluding carboxylic acids is 1. The number of sulfonamides is 1. The molecular weight excluding hydrogens is 495 g/mol. The summed E-state index contributed by atoms with van der Waals surface area (Å²) in [5.41, 5.74) is 0.864. The van der Waals surface area contributed by atoms with Crippen LogP contribution < -0.4 is 13.9 Å². The van der Waals surface area contributed by atoms with Crippen molar-refractivity contribution in [2.75, 3.05) is 48.2 Å². The number of benzene rings is 2. The lowest BCUT2D eigenvalue weighted by Crippen LogP contribution is -2.56. The van der Waals surface area contributed by atoms with E-state index in [1.807, 2.05) is 26.8 Å². The molecule has 0 aliphatic carbocycles. The molecule has 2 aliphatic rings. The molecule has 2 heterocycles. The lowest BCUT2D eigenvalue weighted by Gasteiger charge is -2.40. The third kappa shape index (κ3) is 5.40. The van der Waals surface area contributed by atoms with E-state index < -0.39 is 27.9 Å². The van der Waals surface area contributed by atoms with Gasteiger partial charge in [-0.2, -0.15) is 13.2 Å². The van der Waals surface area contributed by atoms with Gasteiger partial charge < -0.3 is 14.5 Å². The van der Waals surface area contributed by atoms with Crippen LogP contribution >= 0.6 is 0 Å². The summed E-state index contributed by atoms with van der Waals surface area (Å²) in [4.78, 5) is 16.7. The molecule has 0 saturated carbocycles. The average molecular weight is 526 g/mol. The fourth-order valence-electron chi connectivity index (χ4n) is 4.43. The van der Waals surface area contributed by atoms with E-state index in [1.54, 1.807) is 28.0 Å². The van der Waals surface area contributed by atoms with Crippen LogP contribution in [0.3, 0.4) is 0 Å². The number of piperazine rings is 1. The van der Waals surface area contributed by atoms with Crippen molar-refractivity contribution in [2.45, 2.75) is 38.5 Å². The number of fused-ring (bicyclic) bond motifs is 1. The summed E-state index contributed by atoms with van der Waals surface area (Å²) in [6, 6.07) is 10.5. The average Bonchev–Trinajstić information content (AvgIpc) is 2.81. The SMILES string of the molecule is CC(C)(C)c1ccc2c(c1)N(S(C)(=O)=O)CC(C(=O)N1CCN(c3cccc(C(F)(F)F)c3)CC1)O2. The fourth-order valence-corrected chi connectivity index (χ4v) is 5.33. The first kappa shape index (κ1) is 26.1. The number of ether oxygens (including phenoxy) is 1. The highest BCUT2D eigenvalue weighted by Crippen LogP contribution is 2.39. The third-order valence-electron chi connectivity index (χ3n) is 6.50. The van der Waals surface area contributed by atoms with E-state index >= 15 is 0 Å². The van der Waals surface area contributed by atoms with Crippen molar-refractivity contribution in [3.05, 3.63) is 53.6 Å². The maximum Gasteiger partial charge on any atom is 0.416 e. The van der Waals surface area contributed by atoms with Gasteiger partial charge in [0.05, 0.1) is 24.1 Å². The molecule has 1 unspecified atom stereocenters. The van der Waals surface area contributed by atoms with Crippen LogP contribution in [0, 0.1) is 0 Å². The van der Waals surface area contributed by atoms with Gasteiger partial charge in [0.15, 0.2) is 6.10 Å². The predicted molar refractivity (Wildman–Crippen MR) is 132 cm³/mol. The summed E-state index contributed by atoms with van der Waals surface area (Å²) in [6.07, 6.45) is -4.35. The quantitative estimate of drug-likeness (QED) is 0.609. The van der Waals surface area contributed by atoms with Gasteiger partial charge in [0.1, 0.15) is 5.75 Å². The van der Waals surface area contributed by atoms with Gasteiger partial charge in [0, 0.05) is 31.9 Å². The van der Waals surface area contributed by atoms with Crippen LogP contribution in [0.5, 0.6) is 5.75 Å². The van der Waals surface area contributed by atoms with Gasteiger partial charge in [-0.05, 0) is 41.3 Å². The van der Waals surface area contributed by atoms with E-state index in [-0.39, 0.29) is 31.0 Å². The van der Waals surface area contributed by atoms with Crippen molar-refractivity contribution in [3.8, 4) is 5.75 Å². The second-order valence-corrected chi connectivity index (χ2v) is 12.1. The van der Waals surface area contributed by atoms with Crippen LogP contribution in [-0.4, -0.2) is 64.3 Å². The molecule has 2 aromatic carbocycles. The van der Waals surface area contributed by atoms with Gasteiger partial charge >= 0.3 is 6.18 Å². The Bertz CT molecular complexity index is 1250. The second kappa shape index (κ2) is 9.17. The molecular formula is C25H30F3N3O4S. The Kier molecular flexibility index (Phi) is 6.65. The molecule has 4 rings (SSSR count). The van der Waals surface area contributed by atoms with Crippen LogP contribution in [0.1, 0.15) is 31.9 Å². The largest absolute Gasteiger partial charge is 0.476 e. The number of hydrogen-bond donors (Lipinski definition) is 0. The number of anilines is 2. The van der Waals surface area contributed by atoms with Gasteiger partial charge in [-0.3, -0.25) is 9.10 Å². The standard InChI is InChI=1S/C25H30F3N3O4S/c1-24(2,3)17-8-9-21-20(15-17)31(36(4,33)34)16-22(35-21)23(32)30-12-10-29(11-13-30)19-7-5-6-18(14-19)25(26,27)28/h5-9,14-15,22H,10-13,16H2,1-4H3. The van der Waals surface area contributed by atoms with E-state index in [1.165, 1.54) is 10.4 Å². The molecule has 1 fully saturated rings. The van der Waals surface area contributed by atoms with E-state index in [4.69, 9.17) is 4.74 Å². The lowest BCUT2D eigenvalue weighted by atomic mass is 9.86. The fraction of sp³-hybridized carbons (Fsp3) is 0.480. The van der Waals surface area contributed by atoms with Crippen molar-refractivity contribution < 1.29 is 31.1 Å². The first-order valence-electron chi connectivity index (χ1n) is 11.6. The Morgan fingerprint density at radius 2 is 1.64 bits per heavy atom. The van der Waals surface area contributed by atoms with Crippen molar-refractivity contribution in [3.63, 3.8) is 0 Å². The van der Waals surface area contributed by atoms with Gasteiger partial charge in [-0.1, -0.05) is 32.9 Å². The van der Waals surface area contributed by atoms with Crippen molar-refractivity contribution in [1.29, 1.82) is 0 Å². The normalized spacial score (nSPS) is 19.1. The van der Waals surface area contributed by atoms with Crippen LogP contribution in [0.4, 0.5) is 24.5 Å². The molecule has 36 heavy (non-hydrogen) atoms. The first-order valence-corrected chi connectivity index (χ1v) is 13.5. The zero-order valence-electron chi connectivity index (χ0n) is 20.7. The molecule has 1 saturated heterocycles. The Morgan fingerprint density at radius 1 is 0.972 bits per heavy atom. The highest BCUT2D eigenvalue weighted by molar-refractivity contribution is 7.92. The predicted octanol–water partition coefficient (Wildman–Crippen LogP) is 3.88. The number of alkyl halides is 3. The molecule has 1 atom stereocenters. The maximum atomic E-state index is 13.3. The molecule has 0 bridgehead atoms. The molecule has 2 aliphatic heterocycles. The Hall–Kier alpha value is -2.95. The minimum absolute atomic E-state index is 0.147. The first-order chi connectivity index (χ1) is 16.6. The van der Waals surface area contributed by atoms with Gasteiger partial charge in [-0.25, -0.2) is 8.42 Å². The van der Waals surface area contributed by atoms with Gasteiger partial charge in [0.25, 0.3) is 5.91 Å². The number of hydrogen-bond acceptors (Lipinski definition) is 5. The van der Waals surface area contributed by atoms with Crippen LogP contribution in [0.25, 0.3) is 0 Å². The molecule has 196 valence electrons. The zero-order valence-corrected chi connectivity index (χ0v) is 21.5. The van der Waals surface area contributed by atoms with Crippen LogP contribution in [0.2, 0.25) is 0 Å². The second-order valence-electron chi connectivity index (χ2n) is 10.2. The summed E-state index contributed by atoms with van der Waals surface area (Å²) in [5.74, 6) is -0.0292. The topological polar surface area (TPSA) is 70.2 Å². The molecule has 0 spiro atoms. The minimum atomic E-state index is -4.43. The third-order valence-corrected chi connectivity index (χ3v) is 7.65. The Balaban J connectivity index is 1.49. The van der Waals surface area contributed by atoms with E-state index in [0.29, 0.717) is 30.2 Å². The van der Waals surface area contributed by atoms with E-state index in [9.17, 15) is 26.4 Å². The molecule has 0 aromatic heterocycles. The number of amides is 1. The zero-order chi connectivity index (χ0) is 26.5. The summed E-state index contributed by atoms with van der Waals surface area (Å²) in [6.45, 7) is 7.18. The Labute approximate surface area is 209 Å². The molecule has 0 radical (unpaired) electrons. The maximum absolute atomic E-state index is 13.3. The number of nitrogens with zero attached hydrogens (tertiary/aromatic N) is 3. The van der Waals surface area contributed by atoms with Gasteiger partial charge in [-0.15, -0.1) is 0 Å². The van der Waals surface area contributed by atoms with Crippen LogP contribution in [0.15, 0.2) is 42.5 Å². The monoisotopic (exact) mass is 525 g/mol. The Morgan fingerprint density at radius 3 is 2.22 bits per heavy atom. The summed E-state index contributed by atoms with van der Waals surface area (Å²) in [7, 11) is -3.68. The molecule has 11 heteroatoms. The highest BCUT2D eigenvalue weighted by atomic mass is 32.2. The smallest absolute Gasteiger partial charge is 0.416 e. The summed E-state index contributed by atoms with van der Waals surface area (Å²) >= 11 is 0. The lowest BCUT2D eigenvalue weighted by molar-refractivity contribution is -0.139. The number of halogens is 3. The van der Waals surface area contributed by atoms with Crippen LogP contribution in [-0.2, 0) is 26.4 Å². The number of carbonyl (C=O) groups is 1. The molecule has 7 nitrogen and oxygen atoms in total. The van der Waals surface area contributed by atoms with E-state index in [2.05, 4.69) is 0 Å². The summed E-state index contributed by atoms with van der Waals surface area (Å²) < 4.78 is 71.6. The number of rotatable bonds is 3. The van der Waals surface area contributed by atoms with E-state index in [0.717, 1.165) is 24.0 Å². The highest BCUT2D eigenvalue weighted by Gasteiger charge is 2.38. The van der Waals surface area contributed by atoms with Crippen molar-refractivity contribution in [2.24, 2.45) is 0 Å². The minimum Gasteiger partial charge on any atom is -0.476 e. The molecule has 1 amide bonds. The molecule has 0 N–H and O–H groups in total.